The number of nitrogens with one attached hydrogen (secondary N) is 2. The molecule has 0 saturated heterocycles. The lowest BCUT2D eigenvalue weighted by Crippen LogP contribution is -2.38. The van der Waals surface area contributed by atoms with Crippen LogP contribution in [0.4, 0.5) is 0 Å². The number of hydrogen-bond acceptors (Lipinski definition) is 4. The Bertz CT molecular complexity index is 474. The quantitative estimate of drug-likeness (QED) is 0.776. The van der Waals surface area contributed by atoms with Crippen molar-refractivity contribution < 1.29 is 13.2 Å². The van der Waals surface area contributed by atoms with Crippen LogP contribution in [0.2, 0.25) is 0 Å². The Morgan fingerprint density at radius 1 is 1.33 bits per heavy atom. The normalized spacial score (nSPS) is 13.3. The van der Waals surface area contributed by atoms with Gasteiger partial charge in [0.05, 0.1) is 7.11 Å². The summed E-state index contributed by atoms with van der Waals surface area (Å²) >= 11 is 0. The Morgan fingerprint density at radius 3 is 2.61 bits per heavy atom. The molecule has 0 aliphatic heterocycles. The van der Waals surface area contributed by atoms with E-state index >= 15 is 0 Å². The van der Waals surface area contributed by atoms with Gasteiger partial charge in [-0.15, -0.1) is 0 Å². The third-order valence-electron chi connectivity index (χ3n) is 2.49. The zero-order valence-corrected chi connectivity index (χ0v) is 11.8. The molecule has 2 N–H and O–H groups in total. The van der Waals surface area contributed by atoms with Crippen LogP contribution < -0.4 is 14.8 Å². The number of rotatable bonds is 7. The van der Waals surface area contributed by atoms with Crippen LogP contribution in [0.25, 0.3) is 0 Å². The summed E-state index contributed by atoms with van der Waals surface area (Å²) in [7, 11) is -2.08. The van der Waals surface area contributed by atoms with Crippen molar-refractivity contribution in [1.82, 2.24) is 10.0 Å². The van der Waals surface area contributed by atoms with E-state index in [1.54, 1.807) is 18.2 Å². The van der Waals surface area contributed by atoms with E-state index in [1.807, 2.05) is 13.8 Å². The molecule has 6 heteroatoms. The van der Waals surface area contributed by atoms with Gasteiger partial charge in [0.2, 0.25) is 10.0 Å². The van der Waals surface area contributed by atoms with E-state index < -0.39 is 10.0 Å². The number of benzene rings is 1. The zero-order valence-electron chi connectivity index (χ0n) is 10.9. The molecule has 0 aromatic heterocycles. The van der Waals surface area contributed by atoms with Crippen LogP contribution in [0.5, 0.6) is 5.75 Å². The van der Waals surface area contributed by atoms with E-state index in [4.69, 9.17) is 4.74 Å². The second kappa shape index (κ2) is 6.72. The fourth-order valence-corrected chi connectivity index (χ4v) is 2.87. The summed E-state index contributed by atoms with van der Waals surface area (Å²) in [6.07, 6.45) is 0. The molecule has 0 fully saturated rings. The van der Waals surface area contributed by atoms with Gasteiger partial charge in [0.15, 0.2) is 0 Å². The molecule has 1 atom stereocenters. The largest absolute Gasteiger partial charge is 0.495 e. The Labute approximate surface area is 109 Å². The average molecular weight is 272 g/mol. The fourth-order valence-electron chi connectivity index (χ4n) is 1.57. The predicted molar refractivity (Wildman–Crippen MR) is 71.3 cm³/mol. The molecule has 0 heterocycles. The maximum absolute atomic E-state index is 12.1. The molecule has 0 saturated carbocycles. The number of hydrogen-bond donors (Lipinski definition) is 2. The Morgan fingerprint density at radius 2 is 2.00 bits per heavy atom. The molecule has 0 aliphatic rings. The first-order valence-corrected chi connectivity index (χ1v) is 7.35. The van der Waals surface area contributed by atoms with Gasteiger partial charge >= 0.3 is 0 Å². The molecule has 1 aromatic carbocycles. The van der Waals surface area contributed by atoms with Crippen LogP contribution in [0.3, 0.4) is 0 Å². The van der Waals surface area contributed by atoms with Crippen molar-refractivity contribution in [2.45, 2.75) is 24.8 Å². The predicted octanol–water partition coefficient (Wildman–Crippen LogP) is 0.972. The van der Waals surface area contributed by atoms with E-state index in [0.717, 1.165) is 6.54 Å². The maximum atomic E-state index is 12.1. The Kier molecular flexibility index (Phi) is 5.58. The smallest absolute Gasteiger partial charge is 0.244 e. The van der Waals surface area contributed by atoms with Gasteiger partial charge in [-0.3, -0.25) is 0 Å². The molecule has 0 amide bonds. The first kappa shape index (κ1) is 14.9. The lowest BCUT2D eigenvalue weighted by Gasteiger charge is -2.14. The molecule has 1 rings (SSSR count). The van der Waals surface area contributed by atoms with Crippen molar-refractivity contribution in [2.24, 2.45) is 0 Å². The van der Waals surface area contributed by atoms with Gasteiger partial charge in [0.1, 0.15) is 10.6 Å². The van der Waals surface area contributed by atoms with E-state index in [0.29, 0.717) is 12.3 Å². The lowest BCUT2D eigenvalue weighted by atomic mass is 10.3. The fraction of sp³-hybridized carbons (Fsp3) is 0.500. The number of ether oxygens (including phenoxy) is 1. The number of para-hydroxylation sites is 1. The lowest BCUT2D eigenvalue weighted by molar-refractivity contribution is 0.402. The molecule has 5 nitrogen and oxygen atoms in total. The molecule has 0 radical (unpaired) electrons. The zero-order chi connectivity index (χ0) is 13.6. The summed E-state index contributed by atoms with van der Waals surface area (Å²) in [6, 6.07) is 6.64. The summed E-state index contributed by atoms with van der Waals surface area (Å²) in [6.45, 7) is 5.05. The highest BCUT2D eigenvalue weighted by Crippen LogP contribution is 2.22. The standard InChI is InChI=1S/C12H20N2O3S/c1-4-13-10(2)9-14-18(15,16)12-8-6-5-7-11(12)17-3/h5-8,10,13-14H,4,9H2,1-3H3/t10-/m1/s1. The molecule has 102 valence electrons. The molecule has 18 heavy (non-hydrogen) atoms. The Hall–Kier alpha value is -1.11. The molecule has 0 bridgehead atoms. The second-order valence-corrected chi connectivity index (χ2v) is 5.70. The summed E-state index contributed by atoms with van der Waals surface area (Å²) in [5.74, 6) is 0.348. The van der Waals surface area contributed by atoms with Gasteiger partial charge in [0, 0.05) is 12.6 Å². The van der Waals surface area contributed by atoms with Gasteiger partial charge < -0.3 is 10.1 Å². The van der Waals surface area contributed by atoms with E-state index in [-0.39, 0.29) is 10.9 Å². The highest BCUT2D eigenvalue weighted by molar-refractivity contribution is 7.89. The van der Waals surface area contributed by atoms with Crippen molar-refractivity contribution in [2.75, 3.05) is 20.2 Å². The van der Waals surface area contributed by atoms with Crippen molar-refractivity contribution >= 4 is 10.0 Å². The van der Waals surface area contributed by atoms with Crippen molar-refractivity contribution in [3.8, 4) is 5.75 Å². The van der Waals surface area contributed by atoms with Gasteiger partial charge in [0.25, 0.3) is 0 Å². The average Bonchev–Trinajstić information content (AvgIpc) is 2.37. The van der Waals surface area contributed by atoms with Crippen LogP contribution in [0.1, 0.15) is 13.8 Å². The minimum absolute atomic E-state index is 0.0829. The first-order valence-electron chi connectivity index (χ1n) is 5.87. The molecule has 0 aliphatic carbocycles. The van der Waals surface area contributed by atoms with E-state index in [9.17, 15) is 8.42 Å². The van der Waals surface area contributed by atoms with Crippen molar-refractivity contribution in [1.29, 1.82) is 0 Å². The van der Waals surface area contributed by atoms with Crippen LogP contribution in [0.15, 0.2) is 29.2 Å². The highest BCUT2D eigenvalue weighted by atomic mass is 32.2. The molecule has 0 unspecified atom stereocenters. The third kappa shape index (κ3) is 3.97. The summed E-state index contributed by atoms with van der Waals surface area (Å²) in [4.78, 5) is 0.163. The second-order valence-electron chi connectivity index (χ2n) is 3.96. The number of methoxy groups -OCH3 is 1. The minimum atomic E-state index is -3.53. The summed E-state index contributed by atoms with van der Waals surface area (Å²) < 4.78 is 31.8. The SMILES string of the molecule is CCN[C@H](C)CNS(=O)(=O)c1ccccc1OC. The third-order valence-corrected chi connectivity index (χ3v) is 3.95. The van der Waals surface area contributed by atoms with Crippen LogP contribution in [-0.2, 0) is 10.0 Å². The summed E-state index contributed by atoms with van der Waals surface area (Å²) in [5, 5.41) is 3.14. The van der Waals surface area contributed by atoms with Crippen molar-refractivity contribution in [3.05, 3.63) is 24.3 Å². The van der Waals surface area contributed by atoms with Crippen LogP contribution in [0, 0.1) is 0 Å². The molecule has 0 spiro atoms. The minimum Gasteiger partial charge on any atom is -0.495 e. The number of likely N-dealkylation sites (N-methyl/N-ethyl adjacent to an activating group) is 1. The van der Waals surface area contributed by atoms with E-state index in [1.165, 1.54) is 13.2 Å². The monoisotopic (exact) mass is 272 g/mol. The highest BCUT2D eigenvalue weighted by Gasteiger charge is 2.19. The molecular formula is C12H20N2O3S. The van der Waals surface area contributed by atoms with E-state index in [2.05, 4.69) is 10.0 Å². The summed E-state index contributed by atoms with van der Waals surface area (Å²) in [5.41, 5.74) is 0. The van der Waals surface area contributed by atoms with Gasteiger partial charge in [-0.05, 0) is 25.6 Å². The van der Waals surface area contributed by atoms with Crippen molar-refractivity contribution in [3.63, 3.8) is 0 Å². The van der Waals surface area contributed by atoms with Crippen LogP contribution in [-0.4, -0.2) is 34.7 Å². The number of sulfonamides is 1. The van der Waals surface area contributed by atoms with Gasteiger partial charge in [-0.2, -0.15) is 0 Å². The van der Waals surface area contributed by atoms with Crippen LogP contribution >= 0.6 is 0 Å². The molecule has 1 aromatic rings. The maximum Gasteiger partial charge on any atom is 0.244 e. The Balaban J connectivity index is 2.80. The first-order chi connectivity index (χ1) is 8.51. The topological polar surface area (TPSA) is 67.4 Å². The van der Waals surface area contributed by atoms with Gasteiger partial charge in [-0.1, -0.05) is 19.1 Å². The van der Waals surface area contributed by atoms with Gasteiger partial charge in [-0.25, -0.2) is 13.1 Å². The molecular weight excluding hydrogens is 252 g/mol.